The van der Waals surface area contributed by atoms with Crippen LogP contribution in [-0.2, 0) is 16.6 Å². The van der Waals surface area contributed by atoms with Crippen molar-refractivity contribution in [2.24, 2.45) is 4.99 Å². The Kier molecular flexibility index (Phi) is 10.7. The van der Waals surface area contributed by atoms with E-state index in [0.717, 1.165) is 25.3 Å². The number of piperidine rings is 1. The van der Waals surface area contributed by atoms with Crippen molar-refractivity contribution >= 4 is 45.6 Å². The molecule has 1 aliphatic rings. The molecule has 0 spiro atoms. The predicted molar refractivity (Wildman–Crippen MR) is 133 cm³/mol. The molecule has 0 aliphatic carbocycles. The lowest BCUT2D eigenvalue weighted by molar-refractivity contribution is 0.306. The molecular formula is C20H36IN5O2S. The van der Waals surface area contributed by atoms with Crippen LogP contribution in [0, 0.1) is 6.92 Å². The fraction of sp³-hybridized carbons (Fsp3) is 0.650. The standard InChI is InChI=1S/C20H35N5O2S.HI/c1-6-21-20(22-15-17-8-9-19(24(4)5)14-16(17)3)23-18-10-12-25(13-11-18)28(26,27)7-2;/h8-9,14,18H,6-7,10-13,15H2,1-5H3,(H2,21,22,23);1H. The predicted octanol–water partition coefficient (Wildman–Crippen LogP) is 2.55. The van der Waals surface area contributed by atoms with Crippen LogP contribution in [0.15, 0.2) is 23.2 Å². The van der Waals surface area contributed by atoms with Crippen LogP contribution in [0.5, 0.6) is 0 Å². The minimum Gasteiger partial charge on any atom is -0.378 e. The Labute approximate surface area is 193 Å². The number of halogens is 1. The Balaban J connectivity index is 0.00000420. The molecule has 166 valence electrons. The second-order valence-corrected chi connectivity index (χ2v) is 9.68. The maximum atomic E-state index is 12.0. The van der Waals surface area contributed by atoms with Gasteiger partial charge in [0.05, 0.1) is 12.3 Å². The van der Waals surface area contributed by atoms with Gasteiger partial charge in [0.1, 0.15) is 0 Å². The molecule has 0 radical (unpaired) electrons. The lowest BCUT2D eigenvalue weighted by Gasteiger charge is -2.32. The van der Waals surface area contributed by atoms with E-state index in [2.05, 4.69) is 40.7 Å². The molecular weight excluding hydrogens is 501 g/mol. The Morgan fingerprint density at radius 3 is 2.41 bits per heavy atom. The minimum absolute atomic E-state index is 0. The fourth-order valence-corrected chi connectivity index (χ4v) is 4.41. The highest BCUT2D eigenvalue weighted by Crippen LogP contribution is 2.18. The largest absolute Gasteiger partial charge is 0.378 e. The topological polar surface area (TPSA) is 77.0 Å². The van der Waals surface area contributed by atoms with Crippen LogP contribution < -0.4 is 15.5 Å². The molecule has 0 saturated carbocycles. The van der Waals surface area contributed by atoms with Gasteiger partial charge in [0, 0.05) is 45.5 Å². The third kappa shape index (κ3) is 7.60. The SMILES string of the molecule is CCNC(=NCc1ccc(N(C)C)cc1C)NC1CCN(S(=O)(=O)CC)CC1.I. The zero-order valence-electron chi connectivity index (χ0n) is 18.2. The third-order valence-corrected chi connectivity index (χ3v) is 7.03. The molecule has 9 heteroatoms. The fourth-order valence-electron chi connectivity index (χ4n) is 3.27. The lowest BCUT2D eigenvalue weighted by Crippen LogP contribution is -2.50. The van der Waals surface area contributed by atoms with E-state index in [-0.39, 0.29) is 35.8 Å². The van der Waals surface area contributed by atoms with Gasteiger partial charge in [0.25, 0.3) is 0 Å². The summed E-state index contributed by atoms with van der Waals surface area (Å²) in [5, 5.41) is 6.78. The maximum Gasteiger partial charge on any atom is 0.213 e. The highest BCUT2D eigenvalue weighted by Gasteiger charge is 2.26. The lowest BCUT2D eigenvalue weighted by atomic mass is 10.1. The number of nitrogens with one attached hydrogen (secondary N) is 2. The summed E-state index contributed by atoms with van der Waals surface area (Å²) in [7, 11) is 0.989. The molecule has 29 heavy (non-hydrogen) atoms. The first kappa shape index (κ1) is 26.0. The summed E-state index contributed by atoms with van der Waals surface area (Å²) in [5.74, 6) is 0.955. The normalized spacial score (nSPS) is 16.2. The van der Waals surface area contributed by atoms with Crippen LogP contribution in [0.2, 0.25) is 0 Å². The summed E-state index contributed by atoms with van der Waals surface area (Å²) in [5.41, 5.74) is 3.61. The third-order valence-electron chi connectivity index (χ3n) is 5.15. The molecule has 7 nitrogen and oxygen atoms in total. The van der Waals surface area contributed by atoms with Crippen LogP contribution in [0.25, 0.3) is 0 Å². The smallest absolute Gasteiger partial charge is 0.213 e. The van der Waals surface area contributed by atoms with Crippen molar-refractivity contribution in [3.63, 3.8) is 0 Å². The average molecular weight is 538 g/mol. The van der Waals surface area contributed by atoms with Crippen LogP contribution in [0.1, 0.15) is 37.8 Å². The molecule has 1 aromatic rings. The van der Waals surface area contributed by atoms with Gasteiger partial charge in [-0.25, -0.2) is 17.7 Å². The van der Waals surface area contributed by atoms with Crippen LogP contribution in [0.4, 0.5) is 5.69 Å². The molecule has 1 fully saturated rings. The average Bonchev–Trinajstić information content (AvgIpc) is 2.67. The molecule has 0 amide bonds. The summed E-state index contributed by atoms with van der Waals surface area (Å²) in [6.07, 6.45) is 1.58. The summed E-state index contributed by atoms with van der Waals surface area (Å²) < 4.78 is 25.6. The number of aliphatic imine (C=N–C) groups is 1. The Bertz CT molecular complexity index is 775. The number of nitrogens with zero attached hydrogens (tertiary/aromatic N) is 3. The van der Waals surface area contributed by atoms with E-state index < -0.39 is 10.0 Å². The van der Waals surface area contributed by atoms with Crippen molar-refractivity contribution in [3.8, 4) is 0 Å². The molecule has 1 heterocycles. The van der Waals surface area contributed by atoms with Crippen molar-refractivity contribution in [1.82, 2.24) is 14.9 Å². The highest BCUT2D eigenvalue weighted by molar-refractivity contribution is 14.0. The zero-order valence-corrected chi connectivity index (χ0v) is 21.4. The van der Waals surface area contributed by atoms with Gasteiger partial charge in [-0.15, -0.1) is 24.0 Å². The van der Waals surface area contributed by atoms with Gasteiger partial charge in [-0.1, -0.05) is 6.07 Å². The first-order valence-corrected chi connectivity index (χ1v) is 11.7. The molecule has 0 bridgehead atoms. The molecule has 0 atom stereocenters. The summed E-state index contributed by atoms with van der Waals surface area (Å²) in [6.45, 7) is 8.39. The van der Waals surface area contributed by atoms with Gasteiger partial charge in [-0.3, -0.25) is 0 Å². The van der Waals surface area contributed by atoms with Gasteiger partial charge < -0.3 is 15.5 Å². The van der Waals surface area contributed by atoms with Gasteiger partial charge in [0.2, 0.25) is 10.0 Å². The first-order chi connectivity index (χ1) is 13.3. The number of aryl methyl sites for hydroxylation is 1. The van der Waals surface area contributed by atoms with E-state index in [9.17, 15) is 8.42 Å². The van der Waals surface area contributed by atoms with Crippen LogP contribution >= 0.6 is 24.0 Å². The Morgan fingerprint density at radius 2 is 1.90 bits per heavy atom. The summed E-state index contributed by atoms with van der Waals surface area (Å²) >= 11 is 0. The van der Waals surface area contributed by atoms with Gasteiger partial charge >= 0.3 is 0 Å². The number of guanidine groups is 1. The van der Waals surface area contributed by atoms with Gasteiger partial charge in [0.15, 0.2) is 5.96 Å². The molecule has 1 aliphatic heterocycles. The van der Waals surface area contributed by atoms with Gasteiger partial charge in [-0.2, -0.15) is 0 Å². The Morgan fingerprint density at radius 1 is 1.24 bits per heavy atom. The molecule has 2 N–H and O–H groups in total. The number of benzene rings is 1. The van der Waals surface area contributed by atoms with Gasteiger partial charge in [-0.05, 0) is 56.9 Å². The van der Waals surface area contributed by atoms with Crippen molar-refractivity contribution in [2.75, 3.05) is 44.4 Å². The van der Waals surface area contributed by atoms with E-state index >= 15 is 0 Å². The van der Waals surface area contributed by atoms with Crippen molar-refractivity contribution in [3.05, 3.63) is 29.3 Å². The minimum atomic E-state index is -3.09. The van der Waals surface area contributed by atoms with E-state index in [1.807, 2.05) is 21.0 Å². The second-order valence-electron chi connectivity index (χ2n) is 7.42. The number of hydrogen-bond donors (Lipinski definition) is 2. The van der Waals surface area contributed by atoms with E-state index in [4.69, 9.17) is 4.99 Å². The van der Waals surface area contributed by atoms with E-state index in [0.29, 0.717) is 19.6 Å². The summed E-state index contributed by atoms with van der Waals surface area (Å²) in [6, 6.07) is 6.65. The highest BCUT2D eigenvalue weighted by atomic mass is 127. The number of hydrogen-bond acceptors (Lipinski definition) is 4. The summed E-state index contributed by atoms with van der Waals surface area (Å²) in [4.78, 5) is 6.84. The Hall–Kier alpha value is -1.07. The maximum absolute atomic E-state index is 12.0. The van der Waals surface area contributed by atoms with Crippen LogP contribution in [-0.4, -0.2) is 64.2 Å². The first-order valence-electron chi connectivity index (χ1n) is 10.1. The van der Waals surface area contributed by atoms with E-state index in [1.165, 1.54) is 16.8 Å². The van der Waals surface area contributed by atoms with E-state index in [1.54, 1.807) is 11.2 Å². The number of sulfonamides is 1. The zero-order chi connectivity index (χ0) is 20.7. The van der Waals surface area contributed by atoms with Crippen LogP contribution in [0.3, 0.4) is 0 Å². The molecule has 1 aromatic carbocycles. The van der Waals surface area contributed by atoms with Crippen molar-refractivity contribution < 1.29 is 8.42 Å². The molecule has 2 rings (SSSR count). The number of rotatable bonds is 7. The quantitative estimate of drug-likeness (QED) is 0.318. The van der Waals surface area contributed by atoms with Crippen molar-refractivity contribution in [2.45, 2.75) is 46.2 Å². The number of anilines is 1. The molecule has 1 saturated heterocycles. The monoisotopic (exact) mass is 537 g/mol. The molecule has 0 unspecified atom stereocenters. The molecule has 0 aromatic heterocycles. The van der Waals surface area contributed by atoms with Crippen molar-refractivity contribution in [1.29, 1.82) is 0 Å². The second kappa shape index (κ2) is 11.9.